The van der Waals surface area contributed by atoms with Crippen molar-refractivity contribution in [3.8, 4) is 11.5 Å². The first-order valence-corrected chi connectivity index (χ1v) is 13.8. The fourth-order valence-electron chi connectivity index (χ4n) is 5.33. The van der Waals surface area contributed by atoms with E-state index < -0.39 is 0 Å². The maximum absolute atomic E-state index is 13.3. The molecule has 0 saturated heterocycles. The molecule has 3 aliphatic rings. The molecule has 3 aromatic rings. The summed E-state index contributed by atoms with van der Waals surface area (Å²) in [6, 6.07) is 16.2. The summed E-state index contributed by atoms with van der Waals surface area (Å²) in [5, 5.41) is 2.63. The largest absolute Gasteiger partial charge is 0.494 e. The molecule has 1 unspecified atom stereocenters. The van der Waals surface area contributed by atoms with Crippen LogP contribution in [0.1, 0.15) is 46.4 Å². The Morgan fingerprint density at radius 1 is 0.951 bits per heavy atom. The molecular formula is C31H34N4O6. The minimum Gasteiger partial charge on any atom is -0.494 e. The number of carbonyl (C=O) groups excluding carboxylic acids is 3. The number of aryl methyl sites for hydroxylation is 1. The van der Waals surface area contributed by atoms with E-state index >= 15 is 0 Å². The van der Waals surface area contributed by atoms with Crippen molar-refractivity contribution >= 4 is 17.7 Å². The molecule has 6 bridgehead atoms. The smallest absolute Gasteiger partial charge is 0.255 e. The van der Waals surface area contributed by atoms with Crippen molar-refractivity contribution < 1.29 is 23.9 Å². The van der Waals surface area contributed by atoms with E-state index in [2.05, 4.69) is 5.32 Å². The lowest BCUT2D eigenvalue weighted by atomic mass is 9.87. The monoisotopic (exact) mass is 558 g/mol. The lowest BCUT2D eigenvalue weighted by Crippen LogP contribution is -2.45. The molecule has 0 fully saturated rings. The average molecular weight is 559 g/mol. The van der Waals surface area contributed by atoms with Gasteiger partial charge in [0.15, 0.2) is 0 Å². The van der Waals surface area contributed by atoms with E-state index in [4.69, 9.17) is 9.47 Å². The molecule has 214 valence electrons. The first kappa shape index (κ1) is 27.9. The Hall–Kier alpha value is -4.60. The number of pyridine rings is 1. The molecule has 1 aromatic heterocycles. The fourth-order valence-corrected chi connectivity index (χ4v) is 5.33. The van der Waals surface area contributed by atoms with Gasteiger partial charge in [-0.05, 0) is 59.9 Å². The average Bonchev–Trinajstić information content (AvgIpc) is 2.97. The maximum atomic E-state index is 13.3. The van der Waals surface area contributed by atoms with Gasteiger partial charge < -0.3 is 29.2 Å². The molecular weight excluding hydrogens is 524 g/mol. The Kier molecular flexibility index (Phi) is 8.37. The number of carbonyl (C=O) groups is 3. The van der Waals surface area contributed by atoms with Crippen molar-refractivity contribution in [3.63, 3.8) is 0 Å². The van der Waals surface area contributed by atoms with E-state index in [1.807, 2.05) is 47.4 Å². The van der Waals surface area contributed by atoms with Gasteiger partial charge in [0, 0.05) is 39.3 Å². The van der Waals surface area contributed by atoms with Crippen molar-refractivity contribution in [2.24, 2.45) is 7.05 Å². The highest BCUT2D eigenvalue weighted by atomic mass is 16.5. The molecule has 3 amide bonds. The van der Waals surface area contributed by atoms with Gasteiger partial charge in [0.1, 0.15) is 18.1 Å². The number of rotatable bonds is 3. The normalized spacial score (nSPS) is 16.9. The van der Waals surface area contributed by atoms with Crippen LogP contribution in [-0.4, -0.2) is 71.5 Å². The number of nitrogens with zero attached hydrogens (tertiary/aromatic N) is 3. The highest BCUT2D eigenvalue weighted by Gasteiger charge is 2.32. The van der Waals surface area contributed by atoms with Gasteiger partial charge in [-0.2, -0.15) is 0 Å². The molecule has 4 heterocycles. The minimum atomic E-state index is -0.333. The summed E-state index contributed by atoms with van der Waals surface area (Å²) in [6.45, 7) is 3.32. The topological polar surface area (TPSA) is 110 Å². The van der Waals surface area contributed by atoms with Crippen LogP contribution in [-0.2, 0) is 23.1 Å². The third-order valence-corrected chi connectivity index (χ3v) is 7.42. The number of hydrogen-bond donors (Lipinski definition) is 1. The molecule has 10 heteroatoms. The molecule has 1 atom stereocenters. The highest BCUT2D eigenvalue weighted by molar-refractivity contribution is 5.94. The Bertz CT molecular complexity index is 1520. The van der Waals surface area contributed by atoms with Gasteiger partial charge >= 0.3 is 0 Å². The molecule has 6 rings (SSSR count). The second kappa shape index (κ2) is 12.3. The molecule has 10 nitrogen and oxygen atoms in total. The van der Waals surface area contributed by atoms with Gasteiger partial charge in [0.05, 0.1) is 31.3 Å². The predicted molar refractivity (Wildman–Crippen MR) is 152 cm³/mol. The van der Waals surface area contributed by atoms with Crippen LogP contribution in [0.4, 0.5) is 0 Å². The van der Waals surface area contributed by atoms with Gasteiger partial charge in [-0.25, -0.2) is 0 Å². The molecule has 1 N–H and O–H groups in total. The lowest BCUT2D eigenvalue weighted by Gasteiger charge is -2.38. The van der Waals surface area contributed by atoms with Crippen molar-refractivity contribution in [1.82, 2.24) is 19.7 Å². The van der Waals surface area contributed by atoms with Crippen LogP contribution in [0.5, 0.6) is 11.5 Å². The number of benzene rings is 2. The summed E-state index contributed by atoms with van der Waals surface area (Å²) in [6.07, 6.45) is 2.78. The van der Waals surface area contributed by atoms with Crippen LogP contribution in [0.3, 0.4) is 0 Å². The van der Waals surface area contributed by atoms with Crippen molar-refractivity contribution in [1.29, 1.82) is 0 Å². The zero-order valence-corrected chi connectivity index (χ0v) is 23.3. The Morgan fingerprint density at radius 2 is 1.76 bits per heavy atom. The first-order chi connectivity index (χ1) is 19.8. The van der Waals surface area contributed by atoms with Gasteiger partial charge in [-0.15, -0.1) is 0 Å². The summed E-state index contributed by atoms with van der Waals surface area (Å²) in [4.78, 5) is 53.3. The number of fused-ring (bicyclic) bond motifs is 8. The molecule has 41 heavy (non-hydrogen) atoms. The number of aromatic nitrogens is 1. The van der Waals surface area contributed by atoms with Crippen LogP contribution in [0, 0.1) is 0 Å². The fraction of sp³-hybridized carbons (Fsp3) is 0.355. The summed E-state index contributed by atoms with van der Waals surface area (Å²) in [5.41, 5.74) is 3.24. The minimum absolute atomic E-state index is 0.0624. The van der Waals surface area contributed by atoms with Crippen LogP contribution in [0.15, 0.2) is 65.6 Å². The number of nitrogens with one attached hydrogen (secondary N) is 1. The Balaban J connectivity index is 1.44. The van der Waals surface area contributed by atoms with Crippen molar-refractivity contribution in [2.75, 3.05) is 39.4 Å². The third kappa shape index (κ3) is 6.42. The molecule has 0 saturated carbocycles. The predicted octanol–water partition coefficient (Wildman–Crippen LogP) is 2.30. The van der Waals surface area contributed by atoms with Crippen LogP contribution in [0.2, 0.25) is 0 Å². The highest BCUT2D eigenvalue weighted by Crippen LogP contribution is 2.38. The lowest BCUT2D eigenvalue weighted by molar-refractivity contribution is -0.134. The zero-order chi connectivity index (χ0) is 28.9. The molecule has 0 radical (unpaired) electrons. The summed E-state index contributed by atoms with van der Waals surface area (Å²) in [5.74, 6) is 0.788. The summed E-state index contributed by atoms with van der Waals surface area (Å²) < 4.78 is 13.6. The molecule has 3 aliphatic heterocycles. The molecule has 0 spiro atoms. The summed E-state index contributed by atoms with van der Waals surface area (Å²) in [7, 11) is 1.62. The van der Waals surface area contributed by atoms with E-state index in [9.17, 15) is 19.2 Å². The van der Waals surface area contributed by atoms with E-state index in [0.717, 1.165) is 16.7 Å². The number of amides is 3. The van der Waals surface area contributed by atoms with Gasteiger partial charge in [-0.3, -0.25) is 19.2 Å². The SMILES string of the molecule is CC(=O)NCC(=O)N1CCc2cc3ccc2C1c1cccc(c1)OCCCN(C(=O)c1ccc(=O)n(C)c1)CCO3. The maximum Gasteiger partial charge on any atom is 0.255 e. The van der Waals surface area contributed by atoms with Crippen LogP contribution < -0.4 is 20.3 Å². The van der Waals surface area contributed by atoms with Crippen molar-refractivity contribution in [2.45, 2.75) is 25.8 Å². The second-order valence-electron chi connectivity index (χ2n) is 10.3. The Morgan fingerprint density at radius 3 is 2.56 bits per heavy atom. The van der Waals surface area contributed by atoms with E-state index in [-0.39, 0.29) is 35.9 Å². The van der Waals surface area contributed by atoms with E-state index in [0.29, 0.717) is 62.8 Å². The number of ether oxygens (including phenoxy) is 2. The second-order valence-corrected chi connectivity index (χ2v) is 10.3. The summed E-state index contributed by atoms with van der Waals surface area (Å²) >= 11 is 0. The van der Waals surface area contributed by atoms with Crippen LogP contribution >= 0.6 is 0 Å². The van der Waals surface area contributed by atoms with Crippen molar-refractivity contribution in [3.05, 3.63) is 93.4 Å². The standard InChI is InChI=1S/C31H34N4O6/c1-21(36)32-19-29(38)35-13-11-22-17-26-8-9-27(22)30(35)23-5-3-6-25(18-23)40-15-4-12-34(14-16-41-26)31(39)24-7-10-28(37)33(2)20-24/h3,5-10,17-18,20,30H,4,11-16,19H2,1-2H3,(H,32,36). The molecule has 2 aromatic carbocycles. The van der Waals surface area contributed by atoms with Gasteiger partial charge in [0.25, 0.3) is 5.91 Å². The Labute approximate surface area is 238 Å². The van der Waals surface area contributed by atoms with E-state index in [1.54, 1.807) is 24.2 Å². The van der Waals surface area contributed by atoms with Crippen LogP contribution in [0.25, 0.3) is 0 Å². The quantitative estimate of drug-likeness (QED) is 0.528. The van der Waals surface area contributed by atoms with Gasteiger partial charge in [-0.1, -0.05) is 18.2 Å². The zero-order valence-electron chi connectivity index (χ0n) is 23.3. The number of hydrogen-bond acceptors (Lipinski definition) is 6. The third-order valence-electron chi connectivity index (χ3n) is 7.42. The van der Waals surface area contributed by atoms with Gasteiger partial charge in [0.2, 0.25) is 17.4 Å². The van der Waals surface area contributed by atoms with E-state index in [1.165, 1.54) is 17.6 Å². The molecule has 0 aliphatic carbocycles. The first-order valence-electron chi connectivity index (χ1n) is 13.8.